The first-order chi connectivity index (χ1) is 10.8. The number of guanidine groups is 1. The Balaban J connectivity index is 0.00000264. The van der Waals surface area contributed by atoms with E-state index in [0.717, 1.165) is 31.5 Å². The molecular formula is C18H31IN4. The molecule has 0 unspecified atom stereocenters. The Morgan fingerprint density at radius 1 is 1.17 bits per heavy atom. The van der Waals surface area contributed by atoms with Crippen LogP contribution in [0, 0.1) is 5.92 Å². The highest BCUT2D eigenvalue weighted by atomic mass is 127. The lowest BCUT2D eigenvalue weighted by molar-refractivity contribution is 0.213. The van der Waals surface area contributed by atoms with E-state index in [4.69, 9.17) is 0 Å². The van der Waals surface area contributed by atoms with E-state index in [-0.39, 0.29) is 24.0 Å². The van der Waals surface area contributed by atoms with Gasteiger partial charge in [0.1, 0.15) is 0 Å². The predicted molar refractivity (Wildman–Crippen MR) is 110 cm³/mol. The zero-order valence-electron chi connectivity index (χ0n) is 14.4. The maximum atomic E-state index is 4.66. The van der Waals surface area contributed by atoms with Gasteiger partial charge < -0.3 is 15.5 Å². The molecule has 0 bridgehead atoms. The monoisotopic (exact) mass is 430 g/mol. The molecule has 4 nitrogen and oxygen atoms in total. The summed E-state index contributed by atoms with van der Waals surface area (Å²) in [5.41, 5.74) is 1.25. The smallest absolute Gasteiger partial charge is 0.191 e. The number of likely N-dealkylation sites (tertiary alicyclic amines) is 1. The first-order valence-corrected chi connectivity index (χ1v) is 8.52. The van der Waals surface area contributed by atoms with Crippen molar-refractivity contribution in [2.75, 3.05) is 33.2 Å². The minimum atomic E-state index is 0. The number of nitrogens with one attached hydrogen (secondary N) is 2. The fourth-order valence-corrected chi connectivity index (χ4v) is 2.84. The van der Waals surface area contributed by atoms with E-state index in [1.807, 2.05) is 6.07 Å². The van der Waals surface area contributed by atoms with E-state index < -0.39 is 0 Å². The van der Waals surface area contributed by atoms with E-state index >= 15 is 0 Å². The molecule has 1 saturated heterocycles. The van der Waals surface area contributed by atoms with Crippen molar-refractivity contribution in [1.82, 2.24) is 15.5 Å². The van der Waals surface area contributed by atoms with Crippen molar-refractivity contribution in [3.63, 3.8) is 0 Å². The summed E-state index contributed by atoms with van der Waals surface area (Å²) in [7, 11) is 2.22. The lowest BCUT2D eigenvalue weighted by atomic mass is 9.94. The Morgan fingerprint density at radius 2 is 1.87 bits per heavy atom. The normalized spacial score (nSPS) is 16.7. The van der Waals surface area contributed by atoms with Gasteiger partial charge in [-0.25, -0.2) is 4.99 Å². The van der Waals surface area contributed by atoms with Crippen molar-refractivity contribution >= 4 is 29.9 Å². The molecule has 1 aliphatic heterocycles. The second-order valence-corrected chi connectivity index (χ2v) is 6.14. The highest BCUT2D eigenvalue weighted by molar-refractivity contribution is 14.0. The number of rotatable bonds is 6. The van der Waals surface area contributed by atoms with E-state index in [1.54, 1.807) is 0 Å². The number of aliphatic imine (C=N–C) groups is 1. The summed E-state index contributed by atoms with van der Waals surface area (Å²) < 4.78 is 0. The number of hydrogen-bond acceptors (Lipinski definition) is 2. The molecule has 23 heavy (non-hydrogen) atoms. The second kappa shape index (κ2) is 11.7. The molecule has 5 heteroatoms. The average Bonchev–Trinajstić information content (AvgIpc) is 2.55. The molecule has 0 atom stereocenters. The van der Waals surface area contributed by atoms with Crippen molar-refractivity contribution in [2.45, 2.75) is 32.7 Å². The molecule has 1 heterocycles. The summed E-state index contributed by atoms with van der Waals surface area (Å²) in [6, 6.07) is 10.4. The van der Waals surface area contributed by atoms with Gasteiger partial charge in [-0.3, -0.25) is 0 Å². The summed E-state index contributed by atoms with van der Waals surface area (Å²) in [6.07, 6.45) is 3.90. The Bertz CT molecular complexity index is 442. The van der Waals surface area contributed by atoms with Crippen molar-refractivity contribution in [2.24, 2.45) is 10.9 Å². The molecule has 130 valence electrons. The molecule has 1 aromatic carbocycles. The fraction of sp³-hybridized carbons (Fsp3) is 0.611. The van der Waals surface area contributed by atoms with Crippen LogP contribution in [-0.2, 0) is 6.54 Å². The first kappa shape index (κ1) is 20.2. The second-order valence-electron chi connectivity index (χ2n) is 6.14. The van der Waals surface area contributed by atoms with Crippen molar-refractivity contribution in [3.05, 3.63) is 35.9 Å². The van der Waals surface area contributed by atoms with Crippen LogP contribution < -0.4 is 10.6 Å². The lowest BCUT2D eigenvalue weighted by Gasteiger charge is -2.29. The van der Waals surface area contributed by atoms with Gasteiger partial charge in [0.25, 0.3) is 0 Å². The fourth-order valence-electron chi connectivity index (χ4n) is 2.84. The Morgan fingerprint density at radius 3 is 2.52 bits per heavy atom. The number of benzene rings is 1. The number of hydrogen-bond donors (Lipinski definition) is 2. The third kappa shape index (κ3) is 8.01. The van der Waals surface area contributed by atoms with E-state index in [1.165, 1.54) is 37.9 Å². The van der Waals surface area contributed by atoms with Crippen molar-refractivity contribution < 1.29 is 0 Å². The van der Waals surface area contributed by atoms with Gasteiger partial charge in [-0.1, -0.05) is 30.3 Å². The molecule has 1 fully saturated rings. The summed E-state index contributed by atoms with van der Waals surface area (Å²) in [5, 5.41) is 6.80. The minimum Gasteiger partial charge on any atom is -0.357 e. The van der Waals surface area contributed by atoms with Gasteiger partial charge in [-0.2, -0.15) is 0 Å². The first-order valence-electron chi connectivity index (χ1n) is 8.52. The highest BCUT2D eigenvalue weighted by Crippen LogP contribution is 2.18. The number of piperidine rings is 1. The Hall–Kier alpha value is -0.820. The Labute approximate surface area is 158 Å². The number of nitrogens with zero attached hydrogens (tertiary/aromatic N) is 2. The van der Waals surface area contributed by atoms with E-state index in [0.29, 0.717) is 0 Å². The Kier molecular flexibility index (Phi) is 10.3. The van der Waals surface area contributed by atoms with Crippen LogP contribution in [0.25, 0.3) is 0 Å². The number of halogens is 1. The molecule has 1 aliphatic rings. The van der Waals surface area contributed by atoms with Gasteiger partial charge >= 0.3 is 0 Å². The highest BCUT2D eigenvalue weighted by Gasteiger charge is 2.16. The van der Waals surface area contributed by atoms with Gasteiger partial charge in [0.2, 0.25) is 0 Å². The minimum absolute atomic E-state index is 0. The van der Waals surface area contributed by atoms with Gasteiger partial charge in [0, 0.05) is 13.1 Å². The molecule has 0 saturated carbocycles. The largest absolute Gasteiger partial charge is 0.357 e. The van der Waals surface area contributed by atoms with Crippen LogP contribution >= 0.6 is 24.0 Å². The summed E-state index contributed by atoms with van der Waals surface area (Å²) in [5.74, 6) is 1.79. The quantitative estimate of drug-likeness (QED) is 0.414. The molecular weight excluding hydrogens is 399 g/mol. The molecule has 0 aliphatic carbocycles. The van der Waals surface area contributed by atoms with Crippen LogP contribution in [0.3, 0.4) is 0 Å². The van der Waals surface area contributed by atoms with Crippen LogP contribution in [0.4, 0.5) is 0 Å². The topological polar surface area (TPSA) is 39.7 Å². The van der Waals surface area contributed by atoms with Gasteiger partial charge in [-0.05, 0) is 57.8 Å². The zero-order valence-corrected chi connectivity index (χ0v) is 16.8. The molecule has 1 aromatic rings. The van der Waals surface area contributed by atoms with Crippen LogP contribution in [0.15, 0.2) is 35.3 Å². The third-order valence-corrected chi connectivity index (χ3v) is 4.29. The van der Waals surface area contributed by atoms with Crippen LogP contribution in [0.2, 0.25) is 0 Å². The third-order valence-electron chi connectivity index (χ3n) is 4.29. The summed E-state index contributed by atoms with van der Waals surface area (Å²) in [6.45, 7) is 7.23. The molecule has 0 radical (unpaired) electrons. The molecule has 2 N–H and O–H groups in total. The van der Waals surface area contributed by atoms with Crippen LogP contribution in [-0.4, -0.2) is 44.1 Å². The molecule has 0 amide bonds. The SMILES string of the molecule is CCNC(=NCc1ccccc1)NCCC1CCN(C)CC1.I. The van der Waals surface area contributed by atoms with Crippen molar-refractivity contribution in [3.8, 4) is 0 Å². The standard InChI is InChI=1S/C18H30N4.HI/c1-3-19-18(21-15-17-7-5-4-6-8-17)20-12-9-16-10-13-22(2)14-11-16;/h4-8,16H,3,9-15H2,1-2H3,(H2,19,20,21);1H. The van der Waals surface area contributed by atoms with Gasteiger partial charge in [-0.15, -0.1) is 24.0 Å². The maximum Gasteiger partial charge on any atom is 0.191 e. The van der Waals surface area contributed by atoms with Crippen LogP contribution in [0.1, 0.15) is 31.7 Å². The van der Waals surface area contributed by atoms with Gasteiger partial charge in [0.05, 0.1) is 6.54 Å². The summed E-state index contributed by atoms with van der Waals surface area (Å²) in [4.78, 5) is 7.09. The molecule has 2 rings (SSSR count). The molecule has 0 spiro atoms. The van der Waals surface area contributed by atoms with Crippen LogP contribution in [0.5, 0.6) is 0 Å². The average molecular weight is 430 g/mol. The van der Waals surface area contributed by atoms with Gasteiger partial charge in [0.15, 0.2) is 5.96 Å². The predicted octanol–water partition coefficient (Wildman–Crippen LogP) is 3.09. The van der Waals surface area contributed by atoms with E-state index in [2.05, 4.69) is 58.8 Å². The van der Waals surface area contributed by atoms with E-state index in [9.17, 15) is 0 Å². The lowest BCUT2D eigenvalue weighted by Crippen LogP contribution is -2.39. The maximum absolute atomic E-state index is 4.66. The van der Waals surface area contributed by atoms with Crippen molar-refractivity contribution in [1.29, 1.82) is 0 Å². The zero-order chi connectivity index (χ0) is 15.6. The molecule has 0 aromatic heterocycles. The summed E-state index contributed by atoms with van der Waals surface area (Å²) >= 11 is 0.